The molecule has 7 nitrogen and oxygen atoms in total. The molecule has 0 aliphatic heterocycles. The molecule has 9 heteroatoms. The molecule has 0 N–H and O–H groups in total. The predicted octanol–water partition coefficient (Wildman–Crippen LogP) is 4.43. The Labute approximate surface area is 176 Å². The van der Waals surface area contributed by atoms with Crippen molar-refractivity contribution in [3.05, 3.63) is 70.7 Å². The van der Waals surface area contributed by atoms with Crippen molar-refractivity contribution in [3.63, 3.8) is 0 Å². The lowest BCUT2D eigenvalue weighted by Crippen LogP contribution is -2.13. The number of rotatable bonds is 8. The number of ether oxygens (including phenoxy) is 2. The predicted molar refractivity (Wildman–Crippen MR) is 107 cm³/mol. The zero-order valence-electron chi connectivity index (χ0n) is 17.1. The summed E-state index contributed by atoms with van der Waals surface area (Å²) in [6, 6.07) is 9.18. The third-order valence-corrected chi connectivity index (χ3v) is 4.44. The van der Waals surface area contributed by atoms with Crippen molar-refractivity contribution in [2.75, 3.05) is 6.61 Å². The number of hydrogen-bond donors (Lipinski definition) is 0. The lowest BCUT2D eigenvalue weighted by Gasteiger charge is -2.05. The van der Waals surface area contributed by atoms with E-state index < -0.39 is 19.2 Å². The molecule has 0 fully saturated rings. The average molecular weight is 430 g/mol. The number of carbonyl (C=O) groups excluding carboxylic acids is 2. The van der Waals surface area contributed by atoms with Gasteiger partial charge in [-0.2, -0.15) is 8.78 Å². The molecule has 162 valence electrons. The van der Waals surface area contributed by atoms with Gasteiger partial charge in [0.05, 0.1) is 0 Å². The summed E-state index contributed by atoms with van der Waals surface area (Å²) in [4.78, 5) is 24.5. The number of alkyl halides is 2. The molecule has 1 aromatic carbocycles. The van der Waals surface area contributed by atoms with Gasteiger partial charge in [0.2, 0.25) is 5.78 Å². The summed E-state index contributed by atoms with van der Waals surface area (Å²) in [5, 5.41) is 3.96. The first kappa shape index (κ1) is 21.9. The summed E-state index contributed by atoms with van der Waals surface area (Å²) < 4.78 is 40.5. The molecule has 0 aliphatic carbocycles. The van der Waals surface area contributed by atoms with E-state index in [-0.39, 0.29) is 11.5 Å². The van der Waals surface area contributed by atoms with Gasteiger partial charge in [-0.25, -0.2) is 4.79 Å². The molecular weight excluding hydrogens is 410 g/mol. The first-order chi connectivity index (χ1) is 14.7. The minimum Gasteiger partial charge on any atom is -0.454 e. The number of aryl methyl sites for hydroxylation is 2. The Hall–Kier alpha value is -3.75. The Bertz CT molecular complexity index is 1110. The van der Waals surface area contributed by atoms with E-state index in [1.54, 1.807) is 30.5 Å². The Kier molecular flexibility index (Phi) is 6.64. The molecule has 0 saturated carbocycles. The molecule has 0 atom stereocenters. The summed E-state index contributed by atoms with van der Waals surface area (Å²) in [6.07, 6.45) is 2.59. The fourth-order valence-electron chi connectivity index (χ4n) is 3.04. The molecule has 0 bridgehead atoms. The second-order valence-electron chi connectivity index (χ2n) is 6.73. The highest BCUT2D eigenvalue weighted by atomic mass is 19.3. The summed E-state index contributed by atoms with van der Waals surface area (Å²) in [6.45, 7) is 2.05. The van der Waals surface area contributed by atoms with Crippen LogP contribution in [0.1, 0.15) is 33.1 Å². The van der Waals surface area contributed by atoms with Crippen LogP contribution in [0.4, 0.5) is 8.78 Å². The second-order valence-corrected chi connectivity index (χ2v) is 6.73. The Morgan fingerprint density at radius 3 is 2.48 bits per heavy atom. The lowest BCUT2D eigenvalue weighted by atomic mass is 10.1. The zero-order chi connectivity index (χ0) is 22.5. The fraction of sp³-hybridized carbons (Fsp3) is 0.227. The van der Waals surface area contributed by atoms with Gasteiger partial charge in [-0.15, -0.1) is 0 Å². The molecular formula is C22H20F2N2O5. The van der Waals surface area contributed by atoms with Crippen molar-refractivity contribution in [1.82, 2.24) is 9.72 Å². The highest BCUT2D eigenvalue weighted by Crippen LogP contribution is 2.21. The normalized spacial score (nSPS) is 11.3. The van der Waals surface area contributed by atoms with Crippen LogP contribution in [-0.2, 0) is 9.53 Å². The van der Waals surface area contributed by atoms with Crippen molar-refractivity contribution in [2.45, 2.75) is 27.4 Å². The molecule has 0 amide bonds. The van der Waals surface area contributed by atoms with E-state index in [0.29, 0.717) is 28.4 Å². The van der Waals surface area contributed by atoms with Crippen LogP contribution >= 0.6 is 0 Å². The minimum absolute atomic E-state index is 0.0127. The largest absolute Gasteiger partial charge is 0.454 e. The average Bonchev–Trinajstić information content (AvgIpc) is 3.27. The monoisotopic (exact) mass is 430 g/mol. The highest BCUT2D eigenvalue weighted by molar-refractivity contribution is 6.00. The van der Waals surface area contributed by atoms with E-state index in [9.17, 15) is 18.4 Å². The minimum atomic E-state index is -2.90. The SMILES string of the molecule is Cc1cc(-n2c(C)cc(C(=O)COC(=O)/C=C/c3ccc(OC(F)F)cc3)c2C)no1. The molecule has 3 aromatic rings. The molecule has 2 heterocycles. The van der Waals surface area contributed by atoms with E-state index >= 15 is 0 Å². The van der Waals surface area contributed by atoms with Crippen LogP contribution < -0.4 is 4.74 Å². The van der Waals surface area contributed by atoms with Gasteiger partial charge in [0.25, 0.3) is 0 Å². The van der Waals surface area contributed by atoms with E-state index in [2.05, 4.69) is 9.89 Å². The van der Waals surface area contributed by atoms with Gasteiger partial charge in [0.15, 0.2) is 12.4 Å². The van der Waals surface area contributed by atoms with Crippen LogP contribution in [0.25, 0.3) is 11.9 Å². The van der Waals surface area contributed by atoms with Crippen LogP contribution in [0.15, 0.2) is 47.0 Å². The lowest BCUT2D eigenvalue weighted by molar-refractivity contribution is -0.136. The van der Waals surface area contributed by atoms with Gasteiger partial charge in [-0.3, -0.25) is 9.36 Å². The maximum Gasteiger partial charge on any atom is 0.387 e. The van der Waals surface area contributed by atoms with Crippen LogP contribution in [0.5, 0.6) is 5.75 Å². The summed E-state index contributed by atoms with van der Waals surface area (Å²) in [5.74, 6) is 0.166. The first-order valence-corrected chi connectivity index (χ1v) is 9.30. The number of nitrogens with zero attached hydrogens (tertiary/aromatic N) is 2. The van der Waals surface area contributed by atoms with Crippen molar-refractivity contribution in [2.24, 2.45) is 0 Å². The third-order valence-electron chi connectivity index (χ3n) is 4.44. The maximum absolute atomic E-state index is 12.5. The second kappa shape index (κ2) is 9.38. The Morgan fingerprint density at radius 2 is 1.87 bits per heavy atom. The topological polar surface area (TPSA) is 83.6 Å². The number of benzene rings is 1. The Balaban J connectivity index is 1.59. The van der Waals surface area contributed by atoms with Crippen LogP contribution in [0.2, 0.25) is 0 Å². The molecule has 0 saturated heterocycles. The van der Waals surface area contributed by atoms with Gasteiger partial charge in [0.1, 0.15) is 11.5 Å². The molecule has 0 radical (unpaired) electrons. The number of halogens is 2. The zero-order valence-corrected chi connectivity index (χ0v) is 17.1. The van der Waals surface area contributed by atoms with E-state index in [1.165, 1.54) is 30.3 Å². The molecule has 0 spiro atoms. The highest BCUT2D eigenvalue weighted by Gasteiger charge is 2.19. The smallest absolute Gasteiger partial charge is 0.387 e. The number of aromatic nitrogens is 2. The third kappa shape index (κ3) is 5.44. The van der Waals surface area contributed by atoms with Gasteiger partial charge in [-0.1, -0.05) is 17.3 Å². The number of Topliss-reactive ketones (excluding diaryl/α,β-unsaturated/α-hetero) is 1. The first-order valence-electron chi connectivity index (χ1n) is 9.30. The van der Waals surface area contributed by atoms with E-state index in [0.717, 1.165) is 11.8 Å². The molecule has 3 rings (SSSR count). The van der Waals surface area contributed by atoms with Gasteiger partial charge < -0.3 is 14.0 Å². The Morgan fingerprint density at radius 1 is 1.16 bits per heavy atom. The van der Waals surface area contributed by atoms with Gasteiger partial charge >= 0.3 is 12.6 Å². The van der Waals surface area contributed by atoms with E-state index in [1.807, 2.05) is 6.92 Å². The van der Waals surface area contributed by atoms with Crippen LogP contribution in [0, 0.1) is 20.8 Å². The summed E-state index contributed by atoms with van der Waals surface area (Å²) in [5.41, 5.74) is 2.45. The standard InChI is InChI=1S/C22H20F2N2O5/c1-13-10-18(15(3)26(13)20-11-14(2)31-25-20)19(27)12-29-21(28)9-6-16-4-7-17(8-5-16)30-22(23)24/h4-11,22H,12H2,1-3H3/b9-6+. The van der Waals surface area contributed by atoms with Crippen molar-refractivity contribution in [3.8, 4) is 11.6 Å². The summed E-state index contributed by atoms with van der Waals surface area (Å²) >= 11 is 0. The van der Waals surface area contributed by atoms with Crippen molar-refractivity contribution in [1.29, 1.82) is 0 Å². The number of hydrogen-bond acceptors (Lipinski definition) is 6. The van der Waals surface area contributed by atoms with Crippen molar-refractivity contribution < 1.29 is 32.4 Å². The van der Waals surface area contributed by atoms with E-state index in [4.69, 9.17) is 9.26 Å². The molecule has 2 aromatic heterocycles. The van der Waals surface area contributed by atoms with Crippen LogP contribution in [-0.4, -0.2) is 34.7 Å². The number of carbonyl (C=O) groups is 2. The fourth-order valence-corrected chi connectivity index (χ4v) is 3.04. The van der Waals surface area contributed by atoms with Crippen molar-refractivity contribution >= 4 is 17.8 Å². The molecule has 0 aliphatic rings. The molecule has 31 heavy (non-hydrogen) atoms. The molecule has 0 unspecified atom stereocenters. The maximum atomic E-state index is 12.5. The van der Waals surface area contributed by atoms with Gasteiger partial charge in [0, 0.05) is 29.1 Å². The quantitative estimate of drug-likeness (QED) is 0.299. The summed E-state index contributed by atoms with van der Waals surface area (Å²) in [7, 11) is 0. The van der Waals surface area contributed by atoms with Crippen LogP contribution in [0.3, 0.4) is 0 Å². The van der Waals surface area contributed by atoms with Gasteiger partial charge in [-0.05, 0) is 50.6 Å². The number of esters is 1. The number of ketones is 1.